The standard InChI is InChI=1S/C37H47F3GeN2O/c1-23(2)30-18-14-19-31(24(3)4)34(30)42-27(9)22-28(10)43(35-32(25(5)6)20-15-21-33(35)26(7)8)41-44-36(37(38,39)40)29-16-12-11-13-17-29/h11-26,36H,1-10H3/b28-22-,42-27?/t36-/m1/s1. The third kappa shape index (κ3) is 8.88. The van der Waals surface area contributed by atoms with Gasteiger partial charge in [0, 0.05) is 0 Å². The molecule has 0 fully saturated rings. The van der Waals surface area contributed by atoms with Crippen molar-refractivity contribution in [3.63, 3.8) is 0 Å². The van der Waals surface area contributed by atoms with Crippen molar-refractivity contribution in [3.8, 4) is 0 Å². The van der Waals surface area contributed by atoms with Crippen LogP contribution >= 0.6 is 0 Å². The Morgan fingerprint density at radius 1 is 0.705 bits per heavy atom. The van der Waals surface area contributed by atoms with Gasteiger partial charge in [-0.1, -0.05) is 0 Å². The van der Waals surface area contributed by atoms with Gasteiger partial charge < -0.3 is 0 Å². The van der Waals surface area contributed by atoms with Crippen molar-refractivity contribution < 1.29 is 16.9 Å². The Morgan fingerprint density at radius 3 is 1.59 bits per heavy atom. The van der Waals surface area contributed by atoms with Gasteiger partial charge in [-0.3, -0.25) is 0 Å². The van der Waals surface area contributed by atoms with E-state index in [1.54, 1.807) is 18.2 Å². The SMILES string of the molecule is CC(/C=C(/C)[N]([Ge][O][C@H](c1ccccc1)C(F)(F)F)c1c(C(C)C)cccc1C(C)C)=Nc1c(C(C)C)cccc1C(C)C. The molecule has 3 aromatic carbocycles. The van der Waals surface area contributed by atoms with Crippen molar-refractivity contribution in [2.45, 2.75) is 105 Å². The van der Waals surface area contributed by atoms with E-state index in [-0.39, 0.29) is 17.4 Å². The molecule has 44 heavy (non-hydrogen) atoms. The summed E-state index contributed by atoms with van der Waals surface area (Å²) in [5.41, 5.74) is 8.15. The average Bonchev–Trinajstić information content (AvgIpc) is 2.94. The van der Waals surface area contributed by atoms with Crippen LogP contribution in [-0.2, 0) is 3.76 Å². The maximum absolute atomic E-state index is 14.4. The van der Waals surface area contributed by atoms with Gasteiger partial charge >= 0.3 is 270 Å². The zero-order valence-electron chi connectivity index (χ0n) is 27.8. The summed E-state index contributed by atoms with van der Waals surface area (Å²) in [6.07, 6.45) is -4.56. The molecule has 0 bridgehead atoms. The van der Waals surface area contributed by atoms with Gasteiger partial charge in [-0.25, -0.2) is 0 Å². The van der Waals surface area contributed by atoms with E-state index in [4.69, 9.17) is 8.76 Å². The van der Waals surface area contributed by atoms with Crippen LogP contribution in [0.4, 0.5) is 24.5 Å². The minimum atomic E-state index is -4.54. The van der Waals surface area contributed by atoms with E-state index in [2.05, 4.69) is 85.7 Å². The number of halogens is 3. The monoisotopic (exact) mass is 666 g/mol. The van der Waals surface area contributed by atoms with Crippen LogP contribution < -0.4 is 3.86 Å². The summed E-state index contributed by atoms with van der Waals surface area (Å²) >= 11 is -1.79. The molecule has 3 aromatic rings. The van der Waals surface area contributed by atoms with Crippen LogP contribution in [0.1, 0.15) is 127 Å². The Kier molecular flexibility index (Phi) is 12.5. The van der Waals surface area contributed by atoms with Crippen LogP contribution in [0.3, 0.4) is 0 Å². The predicted molar refractivity (Wildman–Crippen MR) is 180 cm³/mol. The molecule has 0 aromatic heterocycles. The van der Waals surface area contributed by atoms with Crippen molar-refractivity contribution in [1.29, 1.82) is 0 Å². The van der Waals surface area contributed by atoms with Gasteiger partial charge in [0.25, 0.3) is 0 Å². The molecule has 0 aliphatic carbocycles. The molecular formula is C37H47F3GeN2O. The van der Waals surface area contributed by atoms with Gasteiger partial charge in [0.05, 0.1) is 0 Å². The zero-order valence-corrected chi connectivity index (χ0v) is 29.8. The van der Waals surface area contributed by atoms with Gasteiger partial charge in [0.1, 0.15) is 0 Å². The molecule has 2 radical (unpaired) electrons. The van der Waals surface area contributed by atoms with Gasteiger partial charge in [-0.15, -0.1) is 0 Å². The summed E-state index contributed by atoms with van der Waals surface area (Å²) in [7, 11) is 0. The summed E-state index contributed by atoms with van der Waals surface area (Å²) in [5, 5.41) is 0. The number of para-hydroxylation sites is 2. The number of hydrogen-bond acceptors (Lipinski definition) is 3. The Bertz CT molecular complexity index is 1390. The van der Waals surface area contributed by atoms with Crippen molar-refractivity contribution in [1.82, 2.24) is 0 Å². The van der Waals surface area contributed by atoms with Crippen molar-refractivity contribution in [2.75, 3.05) is 3.86 Å². The first-order valence-corrected chi connectivity index (χ1v) is 17.2. The van der Waals surface area contributed by atoms with E-state index in [9.17, 15) is 13.2 Å². The van der Waals surface area contributed by atoms with Gasteiger partial charge in [0.15, 0.2) is 0 Å². The molecule has 0 heterocycles. The fraction of sp³-hybridized carbons (Fsp3) is 0.432. The Hall–Kier alpha value is -2.84. The average molecular weight is 665 g/mol. The predicted octanol–water partition coefficient (Wildman–Crippen LogP) is 11.5. The third-order valence-electron chi connectivity index (χ3n) is 7.63. The van der Waals surface area contributed by atoms with Crippen molar-refractivity contribution in [2.24, 2.45) is 4.99 Å². The molecule has 7 heteroatoms. The number of benzene rings is 3. The van der Waals surface area contributed by atoms with Crippen molar-refractivity contribution >= 4 is 33.1 Å². The minimum absolute atomic E-state index is 0.107. The second-order valence-corrected chi connectivity index (χ2v) is 14.4. The quantitative estimate of drug-likeness (QED) is 0.142. The van der Waals surface area contributed by atoms with Crippen LogP contribution in [0.5, 0.6) is 0 Å². The molecule has 0 aliphatic rings. The molecule has 0 amide bonds. The molecule has 1 atom stereocenters. The third-order valence-corrected chi connectivity index (χ3v) is 9.94. The van der Waals surface area contributed by atoms with Crippen LogP contribution in [0.2, 0.25) is 0 Å². The van der Waals surface area contributed by atoms with Crippen LogP contribution in [-0.4, -0.2) is 27.9 Å². The number of aliphatic imine (C=N–C) groups is 1. The molecular weight excluding hydrogens is 618 g/mol. The Morgan fingerprint density at radius 2 is 1.16 bits per heavy atom. The van der Waals surface area contributed by atoms with Crippen LogP contribution in [0.15, 0.2) is 83.5 Å². The molecule has 0 aliphatic heterocycles. The summed E-state index contributed by atoms with van der Waals surface area (Å²) in [4.78, 5) is 5.12. The molecule has 0 spiro atoms. The van der Waals surface area contributed by atoms with E-state index < -0.39 is 28.3 Å². The first-order chi connectivity index (χ1) is 20.6. The number of alkyl halides is 3. The second kappa shape index (κ2) is 15.4. The molecule has 0 N–H and O–H groups in total. The fourth-order valence-electron chi connectivity index (χ4n) is 5.34. The van der Waals surface area contributed by atoms with E-state index in [1.165, 1.54) is 23.3 Å². The molecule has 236 valence electrons. The fourth-order valence-corrected chi connectivity index (χ4v) is 7.52. The van der Waals surface area contributed by atoms with E-state index in [0.29, 0.717) is 11.8 Å². The van der Waals surface area contributed by atoms with Gasteiger partial charge in [-0.05, 0) is 0 Å². The molecule has 0 unspecified atom stereocenters. The number of rotatable bonds is 12. The molecule has 0 saturated carbocycles. The maximum atomic E-state index is 14.4. The van der Waals surface area contributed by atoms with E-state index in [1.807, 2.05) is 29.8 Å². The second-order valence-electron chi connectivity index (χ2n) is 12.6. The summed E-state index contributed by atoms with van der Waals surface area (Å²) in [6, 6.07) is 20.4. The normalized spacial score (nSPS) is 13.8. The first-order valence-electron chi connectivity index (χ1n) is 15.5. The first kappa shape index (κ1) is 35.6. The Balaban J connectivity index is 2.19. The summed E-state index contributed by atoms with van der Waals surface area (Å²) in [5.74, 6) is 0.926. The summed E-state index contributed by atoms with van der Waals surface area (Å²) in [6.45, 7) is 21.0. The van der Waals surface area contributed by atoms with E-state index in [0.717, 1.165) is 33.9 Å². The zero-order chi connectivity index (χ0) is 32.8. The molecule has 3 rings (SSSR count). The Labute approximate surface area is 269 Å². The van der Waals surface area contributed by atoms with E-state index >= 15 is 0 Å². The molecule has 0 saturated heterocycles. The van der Waals surface area contributed by atoms with Gasteiger partial charge in [-0.2, -0.15) is 0 Å². The molecule has 3 nitrogen and oxygen atoms in total. The topological polar surface area (TPSA) is 24.8 Å². The summed E-state index contributed by atoms with van der Waals surface area (Å²) < 4.78 is 51.1. The van der Waals surface area contributed by atoms with Crippen molar-refractivity contribution in [3.05, 3.63) is 106 Å². The number of anilines is 1. The van der Waals surface area contributed by atoms with Crippen LogP contribution in [0.25, 0.3) is 0 Å². The number of nitrogens with zero attached hydrogens (tertiary/aromatic N) is 2. The van der Waals surface area contributed by atoms with Gasteiger partial charge in [0.2, 0.25) is 0 Å². The number of hydrogen-bond donors (Lipinski definition) is 0. The number of allylic oxidation sites excluding steroid dienone is 2. The van der Waals surface area contributed by atoms with Crippen LogP contribution in [0, 0.1) is 0 Å².